The summed E-state index contributed by atoms with van der Waals surface area (Å²) in [7, 11) is 1.46. The first-order chi connectivity index (χ1) is 9.90. The molecule has 0 aliphatic heterocycles. The van der Waals surface area contributed by atoms with Gasteiger partial charge < -0.3 is 14.2 Å². The molecule has 6 heteroatoms. The van der Waals surface area contributed by atoms with Crippen molar-refractivity contribution in [3.05, 3.63) is 22.7 Å². The van der Waals surface area contributed by atoms with E-state index in [-0.39, 0.29) is 30.7 Å². The Morgan fingerprint density at radius 3 is 2.43 bits per heavy atom. The Balaban J connectivity index is 3.08. The van der Waals surface area contributed by atoms with Crippen LogP contribution in [0.2, 0.25) is 5.02 Å². The standard InChI is InChI=1S/C15H19ClO5/c1-5-20-14(17)8-21-12-7-13(19-4)11(16)6-10(12)15(18)9(2)3/h6-7,9H,5,8H2,1-4H3. The fourth-order valence-corrected chi connectivity index (χ4v) is 1.89. The fraction of sp³-hybridized carbons (Fsp3) is 0.467. The second-order valence-corrected chi connectivity index (χ2v) is 5.00. The highest BCUT2D eigenvalue weighted by Crippen LogP contribution is 2.34. The number of hydrogen-bond donors (Lipinski definition) is 0. The number of ether oxygens (including phenoxy) is 3. The number of ketones is 1. The van der Waals surface area contributed by atoms with Crippen molar-refractivity contribution in [2.45, 2.75) is 20.8 Å². The van der Waals surface area contributed by atoms with Gasteiger partial charge in [0.1, 0.15) is 11.5 Å². The number of carbonyl (C=O) groups is 2. The number of esters is 1. The first-order valence-corrected chi connectivity index (χ1v) is 6.98. The Bertz CT molecular complexity index is 525. The molecule has 0 aromatic heterocycles. The molecule has 0 saturated carbocycles. The summed E-state index contributed by atoms with van der Waals surface area (Å²) in [6.07, 6.45) is 0. The molecule has 0 fully saturated rings. The van der Waals surface area contributed by atoms with Crippen LogP contribution in [0.3, 0.4) is 0 Å². The van der Waals surface area contributed by atoms with Crippen LogP contribution in [-0.2, 0) is 9.53 Å². The van der Waals surface area contributed by atoms with Gasteiger partial charge in [0.15, 0.2) is 12.4 Å². The summed E-state index contributed by atoms with van der Waals surface area (Å²) in [5.74, 6) is -0.231. The molecule has 0 amide bonds. The van der Waals surface area contributed by atoms with Crippen molar-refractivity contribution < 1.29 is 23.8 Å². The molecular weight excluding hydrogens is 296 g/mol. The van der Waals surface area contributed by atoms with Gasteiger partial charge in [0.25, 0.3) is 0 Å². The number of benzene rings is 1. The van der Waals surface area contributed by atoms with Crippen molar-refractivity contribution in [1.29, 1.82) is 0 Å². The van der Waals surface area contributed by atoms with Crippen LogP contribution >= 0.6 is 11.6 Å². The summed E-state index contributed by atoms with van der Waals surface area (Å²) in [4.78, 5) is 23.6. The molecule has 1 aromatic rings. The summed E-state index contributed by atoms with van der Waals surface area (Å²) >= 11 is 6.04. The lowest BCUT2D eigenvalue weighted by Crippen LogP contribution is -2.17. The van der Waals surface area contributed by atoms with Gasteiger partial charge in [-0.1, -0.05) is 25.4 Å². The Labute approximate surface area is 129 Å². The Morgan fingerprint density at radius 1 is 1.24 bits per heavy atom. The third-order valence-electron chi connectivity index (χ3n) is 2.69. The van der Waals surface area contributed by atoms with E-state index in [0.29, 0.717) is 16.3 Å². The first-order valence-electron chi connectivity index (χ1n) is 6.60. The molecule has 0 saturated heterocycles. The third kappa shape index (κ3) is 4.63. The molecule has 0 atom stereocenters. The lowest BCUT2D eigenvalue weighted by molar-refractivity contribution is -0.145. The van der Waals surface area contributed by atoms with Crippen molar-refractivity contribution >= 4 is 23.4 Å². The number of rotatable bonds is 7. The zero-order valence-corrected chi connectivity index (χ0v) is 13.3. The summed E-state index contributed by atoms with van der Waals surface area (Å²) in [6.45, 7) is 5.24. The minimum absolute atomic E-state index is 0.126. The Morgan fingerprint density at radius 2 is 1.90 bits per heavy atom. The molecule has 1 aromatic carbocycles. The van der Waals surface area contributed by atoms with Crippen LogP contribution in [0, 0.1) is 5.92 Å². The van der Waals surface area contributed by atoms with Crippen LogP contribution in [0.25, 0.3) is 0 Å². The van der Waals surface area contributed by atoms with Crippen molar-refractivity contribution in [3.8, 4) is 11.5 Å². The molecule has 1 rings (SSSR count). The van der Waals surface area contributed by atoms with Crippen molar-refractivity contribution in [3.63, 3.8) is 0 Å². The van der Waals surface area contributed by atoms with E-state index < -0.39 is 5.97 Å². The number of methoxy groups -OCH3 is 1. The van der Waals surface area contributed by atoms with Gasteiger partial charge in [-0.25, -0.2) is 4.79 Å². The van der Waals surface area contributed by atoms with E-state index in [1.165, 1.54) is 19.2 Å². The normalized spacial score (nSPS) is 10.4. The molecule has 0 aliphatic rings. The van der Waals surface area contributed by atoms with Gasteiger partial charge in [-0.3, -0.25) is 4.79 Å². The molecule has 21 heavy (non-hydrogen) atoms. The lowest BCUT2D eigenvalue weighted by Gasteiger charge is -2.14. The fourth-order valence-electron chi connectivity index (χ4n) is 1.65. The molecule has 0 N–H and O–H groups in total. The Kier molecular flexibility index (Phi) is 6.49. The lowest BCUT2D eigenvalue weighted by atomic mass is 10.00. The average Bonchev–Trinajstić information content (AvgIpc) is 2.45. The van der Waals surface area contributed by atoms with Crippen LogP contribution in [0.5, 0.6) is 11.5 Å². The van der Waals surface area contributed by atoms with Gasteiger partial charge in [-0.2, -0.15) is 0 Å². The summed E-state index contributed by atoms with van der Waals surface area (Å²) in [6, 6.07) is 2.99. The molecule has 0 radical (unpaired) electrons. The quantitative estimate of drug-likeness (QED) is 0.571. The van der Waals surface area contributed by atoms with Crippen molar-refractivity contribution in [2.24, 2.45) is 5.92 Å². The monoisotopic (exact) mass is 314 g/mol. The molecule has 0 aliphatic carbocycles. The second kappa shape index (κ2) is 7.88. The third-order valence-corrected chi connectivity index (χ3v) is 2.99. The van der Waals surface area contributed by atoms with Crippen LogP contribution in [0.4, 0.5) is 0 Å². The van der Waals surface area contributed by atoms with E-state index in [1.807, 2.05) is 0 Å². The number of hydrogen-bond acceptors (Lipinski definition) is 5. The molecular formula is C15H19ClO5. The summed E-state index contributed by atoms with van der Waals surface area (Å²) in [5.41, 5.74) is 0.320. The zero-order chi connectivity index (χ0) is 16.0. The highest BCUT2D eigenvalue weighted by atomic mass is 35.5. The maximum atomic E-state index is 12.2. The molecule has 5 nitrogen and oxygen atoms in total. The van der Waals surface area contributed by atoms with Gasteiger partial charge >= 0.3 is 5.97 Å². The van der Waals surface area contributed by atoms with Gasteiger partial charge in [0, 0.05) is 12.0 Å². The summed E-state index contributed by atoms with van der Waals surface area (Å²) < 4.78 is 15.3. The van der Waals surface area contributed by atoms with E-state index in [4.69, 9.17) is 25.8 Å². The molecule has 0 spiro atoms. The average molecular weight is 315 g/mol. The highest BCUT2D eigenvalue weighted by molar-refractivity contribution is 6.32. The zero-order valence-electron chi connectivity index (χ0n) is 12.6. The van der Waals surface area contributed by atoms with E-state index in [0.717, 1.165) is 0 Å². The first kappa shape index (κ1) is 17.3. The maximum absolute atomic E-state index is 12.2. The number of halogens is 1. The van der Waals surface area contributed by atoms with Crippen molar-refractivity contribution in [2.75, 3.05) is 20.3 Å². The largest absolute Gasteiger partial charge is 0.495 e. The molecule has 0 unspecified atom stereocenters. The smallest absolute Gasteiger partial charge is 0.344 e. The predicted octanol–water partition coefficient (Wildman–Crippen LogP) is 3.13. The number of carbonyl (C=O) groups excluding carboxylic acids is 2. The van der Waals surface area contributed by atoms with Crippen LogP contribution in [0.15, 0.2) is 12.1 Å². The molecule has 0 bridgehead atoms. The Hall–Kier alpha value is -1.75. The number of Topliss-reactive ketones (excluding diaryl/α,β-unsaturated/α-hetero) is 1. The van der Waals surface area contributed by atoms with Crippen molar-refractivity contribution in [1.82, 2.24) is 0 Å². The maximum Gasteiger partial charge on any atom is 0.344 e. The summed E-state index contributed by atoms with van der Waals surface area (Å²) in [5, 5.41) is 0.310. The SMILES string of the molecule is CCOC(=O)COc1cc(OC)c(Cl)cc1C(=O)C(C)C. The molecule has 0 heterocycles. The van der Waals surface area contributed by atoms with Gasteiger partial charge in [0.2, 0.25) is 0 Å². The second-order valence-electron chi connectivity index (χ2n) is 4.60. The van der Waals surface area contributed by atoms with E-state index in [1.54, 1.807) is 20.8 Å². The van der Waals surface area contributed by atoms with Crippen LogP contribution in [0.1, 0.15) is 31.1 Å². The predicted molar refractivity (Wildman–Crippen MR) is 79.3 cm³/mol. The molecule has 116 valence electrons. The van der Waals surface area contributed by atoms with E-state index >= 15 is 0 Å². The minimum Gasteiger partial charge on any atom is -0.495 e. The topological polar surface area (TPSA) is 61.8 Å². The van der Waals surface area contributed by atoms with E-state index in [9.17, 15) is 9.59 Å². The van der Waals surface area contributed by atoms with Gasteiger partial charge in [-0.05, 0) is 13.0 Å². The van der Waals surface area contributed by atoms with Crippen LogP contribution in [-0.4, -0.2) is 32.1 Å². The van der Waals surface area contributed by atoms with Crippen LogP contribution < -0.4 is 9.47 Å². The van der Waals surface area contributed by atoms with Gasteiger partial charge in [-0.15, -0.1) is 0 Å². The minimum atomic E-state index is -0.505. The van der Waals surface area contributed by atoms with Gasteiger partial charge in [0.05, 0.1) is 24.3 Å². The van der Waals surface area contributed by atoms with E-state index in [2.05, 4.69) is 0 Å². The highest BCUT2D eigenvalue weighted by Gasteiger charge is 2.20.